The minimum Gasteiger partial charge on any atom is -0.490 e. The molecule has 2 aromatic carbocycles. The normalized spacial score (nSPS) is 25.3. The monoisotopic (exact) mass is 726 g/mol. The molecule has 2 heterocycles. The fourth-order valence-electron chi connectivity index (χ4n) is 7.85. The molecule has 2 fully saturated rings. The maximum Gasteiger partial charge on any atom is 0.264 e. The fourth-order valence-corrected chi connectivity index (χ4v) is 11.3. The molecule has 7 nitrogen and oxygen atoms in total. The molecule has 49 heavy (non-hydrogen) atoms. The molecule has 6 rings (SSSR count). The van der Waals surface area contributed by atoms with Crippen molar-refractivity contribution in [2.75, 3.05) is 30.3 Å². The van der Waals surface area contributed by atoms with Gasteiger partial charge in [-0.05, 0) is 109 Å². The lowest BCUT2D eigenvalue weighted by Crippen LogP contribution is -2.48. The average molecular weight is 727 g/mol. The molecule has 266 valence electrons. The van der Waals surface area contributed by atoms with Gasteiger partial charge in [-0.2, -0.15) is 0 Å². The Balaban J connectivity index is 1.30. The Bertz CT molecular complexity index is 1660. The number of fused-ring (bicyclic) bond motifs is 3. The van der Waals surface area contributed by atoms with E-state index in [1.807, 2.05) is 36.9 Å². The maximum absolute atomic E-state index is 13.7. The van der Waals surface area contributed by atoms with E-state index < -0.39 is 27.3 Å². The van der Waals surface area contributed by atoms with Crippen LogP contribution in [0.15, 0.2) is 61.2 Å². The molecule has 0 radical (unpaired) electrons. The summed E-state index contributed by atoms with van der Waals surface area (Å²) in [6.07, 6.45) is 13.4. The van der Waals surface area contributed by atoms with E-state index in [1.54, 1.807) is 18.2 Å². The van der Waals surface area contributed by atoms with Crippen molar-refractivity contribution in [2.45, 2.75) is 87.7 Å². The Morgan fingerprint density at radius 2 is 2.04 bits per heavy atom. The number of halogens is 1. The van der Waals surface area contributed by atoms with Gasteiger partial charge in [-0.3, -0.25) is 4.79 Å². The number of ether oxygens (including phenoxy) is 1. The van der Waals surface area contributed by atoms with Gasteiger partial charge in [0.05, 0.1) is 21.8 Å². The standard InChI is InChI=1S/C39H51ClN2O5S2/c1-4-6-7-9-35(43)32-15-12-30(32)23-42-24-39(33-16-14-31(40)21-28(33)18-19-48-39)25-47-36-17-13-29(22-34(36)42)38(44)41-49(45,46)37(20-27-10-11-27)26(3)8-5-2/h5,7,9,13-14,16-17,21-22,26-27,30,32,35,37,43H,2,4,6,8,10-12,15,18-20,23-25H2,1,3H3,(H,41,44)/b9-7+/t26-,30-,32+,35-,37+,39+/m0/s1. The first-order valence-electron chi connectivity index (χ1n) is 18.0. The number of carbonyl (C=O) groups is 1. The molecule has 2 aliphatic heterocycles. The number of hydrogen-bond acceptors (Lipinski definition) is 7. The molecule has 2 saturated carbocycles. The number of aliphatic hydroxyl groups is 1. The quantitative estimate of drug-likeness (QED) is 0.191. The van der Waals surface area contributed by atoms with Crippen LogP contribution in [-0.4, -0.2) is 56.2 Å². The van der Waals surface area contributed by atoms with Gasteiger partial charge in [-0.1, -0.05) is 69.0 Å². The molecule has 0 bridgehead atoms. The zero-order valence-electron chi connectivity index (χ0n) is 28.8. The zero-order valence-corrected chi connectivity index (χ0v) is 31.2. The van der Waals surface area contributed by atoms with Gasteiger partial charge in [-0.25, -0.2) is 13.1 Å². The molecule has 2 aliphatic carbocycles. The molecular weight excluding hydrogens is 676 g/mol. The summed E-state index contributed by atoms with van der Waals surface area (Å²) < 4.78 is 36.1. The summed E-state index contributed by atoms with van der Waals surface area (Å²) in [5.41, 5.74) is 3.51. The summed E-state index contributed by atoms with van der Waals surface area (Å²) in [5, 5.41) is 11.1. The van der Waals surface area contributed by atoms with E-state index in [1.165, 1.54) is 11.1 Å². The Morgan fingerprint density at radius 3 is 2.76 bits per heavy atom. The summed E-state index contributed by atoms with van der Waals surface area (Å²) in [7, 11) is -3.93. The molecule has 0 saturated heterocycles. The molecule has 1 amide bonds. The van der Waals surface area contributed by atoms with E-state index in [-0.39, 0.29) is 28.1 Å². The van der Waals surface area contributed by atoms with Crippen LogP contribution in [0.3, 0.4) is 0 Å². The summed E-state index contributed by atoms with van der Waals surface area (Å²) >= 11 is 8.33. The number of carbonyl (C=O) groups excluding carboxylic acids is 1. The van der Waals surface area contributed by atoms with Gasteiger partial charge in [0.1, 0.15) is 12.4 Å². The minimum absolute atomic E-state index is 0.149. The number of nitrogens with zero attached hydrogens (tertiary/aromatic N) is 1. The first kappa shape index (κ1) is 36.3. The van der Waals surface area contributed by atoms with E-state index in [0.717, 1.165) is 61.4 Å². The van der Waals surface area contributed by atoms with E-state index in [9.17, 15) is 18.3 Å². The molecule has 0 unspecified atom stereocenters. The molecular formula is C39H51ClN2O5S2. The van der Waals surface area contributed by atoms with Crippen molar-refractivity contribution in [1.82, 2.24) is 4.72 Å². The molecule has 2 aromatic rings. The van der Waals surface area contributed by atoms with Gasteiger partial charge < -0.3 is 14.7 Å². The summed E-state index contributed by atoms with van der Waals surface area (Å²) in [5.74, 6) is 1.63. The molecule has 1 spiro atoms. The van der Waals surface area contributed by atoms with Crippen LogP contribution in [0, 0.1) is 23.7 Å². The van der Waals surface area contributed by atoms with Gasteiger partial charge >= 0.3 is 0 Å². The smallest absolute Gasteiger partial charge is 0.264 e. The minimum atomic E-state index is -3.93. The number of anilines is 1. The molecule has 0 aromatic heterocycles. The van der Waals surface area contributed by atoms with Crippen molar-refractivity contribution in [3.63, 3.8) is 0 Å². The molecule has 6 atom stereocenters. The lowest BCUT2D eigenvalue weighted by Gasteiger charge is -2.45. The largest absolute Gasteiger partial charge is 0.490 e. The lowest BCUT2D eigenvalue weighted by molar-refractivity contribution is 0.0460. The third-order valence-corrected chi connectivity index (χ3v) is 14.6. The van der Waals surface area contributed by atoms with Crippen LogP contribution in [-0.2, 0) is 21.2 Å². The van der Waals surface area contributed by atoms with Gasteiger partial charge in [0, 0.05) is 23.7 Å². The number of nitrogens with one attached hydrogen (secondary N) is 1. The molecule has 2 N–H and O–H groups in total. The Hall–Kier alpha value is -2.46. The van der Waals surface area contributed by atoms with Crippen LogP contribution >= 0.6 is 23.4 Å². The zero-order chi connectivity index (χ0) is 34.8. The van der Waals surface area contributed by atoms with Crippen molar-refractivity contribution in [2.24, 2.45) is 23.7 Å². The van der Waals surface area contributed by atoms with E-state index in [4.69, 9.17) is 16.3 Å². The number of rotatable bonds is 14. The Labute approximate surface area is 302 Å². The van der Waals surface area contributed by atoms with Crippen molar-refractivity contribution < 1.29 is 23.1 Å². The van der Waals surface area contributed by atoms with Crippen molar-refractivity contribution >= 4 is 45.0 Å². The summed E-state index contributed by atoms with van der Waals surface area (Å²) in [6, 6.07) is 11.4. The van der Waals surface area contributed by atoms with E-state index >= 15 is 0 Å². The second-order valence-corrected chi connectivity index (χ2v) is 18.5. The highest BCUT2D eigenvalue weighted by Crippen LogP contribution is 2.49. The van der Waals surface area contributed by atoms with E-state index in [2.05, 4.69) is 41.3 Å². The predicted octanol–water partition coefficient (Wildman–Crippen LogP) is 7.91. The first-order valence-corrected chi connectivity index (χ1v) is 20.9. The number of unbranched alkanes of at least 4 members (excludes halogenated alkanes) is 1. The van der Waals surface area contributed by atoms with Gasteiger partial charge in [0.2, 0.25) is 10.0 Å². The number of aryl methyl sites for hydroxylation is 1. The maximum atomic E-state index is 13.7. The average Bonchev–Trinajstić information content (AvgIpc) is 3.89. The van der Waals surface area contributed by atoms with Crippen LogP contribution in [0.1, 0.15) is 86.7 Å². The van der Waals surface area contributed by atoms with Crippen LogP contribution in [0.2, 0.25) is 5.02 Å². The van der Waals surface area contributed by atoms with E-state index in [0.29, 0.717) is 44.2 Å². The number of aliphatic hydroxyl groups excluding tert-OH is 1. The summed E-state index contributed by atoms with van der Waals surface area (Å²) in [4.78, 5) is 16.1. The van der Waals surface area contributed by atoms with Gasteiger partial charge in [0.25, 0.3) is 5.91 Å². The second kappa shape index (κ2) is 15.4. The van der Waals surface area contributed by atoms with Crippen LogP contribution in [0.4, 0.5) is 5.69 Å². The Kier molecular flexibility index (Phi) is 11.4. The molecule has 10 heteroatoms. The fraction of sp³-hybridized carbons (Fsp3) is 0.564. The highest BCUT2D eigenvalue weighted by atomic mass is 35.5. The highest BCUT2D eigenvalue weighted by molar-refractivity contribution is 8.00. The lowest BCUT2D eigenvalue weighted by atomic mass is 9.70. The summed E-state index contributed by atoms with van der Waals surface area (Å²) in [6.45, 7) is 9.66. The van der Waals surface area contributed by atoms with Crippen molar-refractivity contribution in [3.05, 3.63) is 82.9 Å². The SMILES string of the molecule is C=CC[C@H](C)[C@@H](CC1CC1)S(=O)(=O)NC(=O)c1ccc2c(c1)N(C[C@@H]1CC[C@H]1[C@@H](O)/C=C/CCC)C[C@]1(CO2)SCCc2cc(Cl)ccc21. The predicted molar refractivity (Wildman–Crippen MR) is 201 cm³/mol. The second-order valence-electron chi connectivity index (χ2n) is 14.7. The topological polar surface area (TPSA) is 95.9 Å². The van der Waals surface area contributed by atoms with Crippen molar-refractivity contribution in [3.8, 4) is 5.75 Å². The number of hydrogen-bond donors (Lipinski definition) is 2. The highest BCUT2D eigenvalue weighted by Gasteiger charge is 2.45. The van der Waals surface area contributed by atoms with Crippen LogP contribution in [0.5, 0.6) is 5.75 Å². The van der Waals surface area contributed by atoms with Crippen LogP contribution in [0.25, 0.3) is 0 Å². The number of amides is 1. The first-order chi connectivity index (χ1) is 23.5. The number of thioether (sulfide) groups is 1. The third-order valence-electron chi connectivity index (χ3n) is 11.0. The third kappa shape index (κ3) is 8.21. The number of sulfonamides is 1. The van der Waals surface area contributed by atoms with Gasteiger partial charge in [-0.15, -0.1) is 18.3 Å². The van der Waals surface area contributed by atoms with Gasteiger partial charge in [0.15, 0.2) is 0 Å². The Morgan fingerprint density at radius 1 is 1.22 bits per heavy atom. The number of benzene rings is 2. The van der Waals surface area contributed by atoms with Crippen molar-refractivity contribution in [1.29, 1.82) is 0 Å². The number of allylic oxidation sites excluding steroid dienone is 2. The molecule has 4 aliphatic rings. The van der Waals surface area contributed by atoms with Crippen LogP contribution < -0.4 is 14.4 Å².